The molecule has 1 heterocycles. The van der Waals surface area contributed by atoms with Crippen LogP contribution in [0, 0.1) is 0 Å². The maximum absolute atomic E-state index is 6.19. The zero-order valence-electron chi connectivity index (χ0n) is 11.3. The second-order valence-corrected chi connectivity index (χ2v) is 4.99. The average Bonchev–Trinajstić information content (AvgIpc) is 2.85. The molecule has 0 spiro atoms. The van der Waals surface area contributed by atoms with Gasteiger partial charge in [0.05, 0.1) is 12.3 Å². The van der Waals surface area contributed by atoms with Crippen molar-refractivity contribution in [2.75, 3.05) is 6.61 Å². The molecule has 0 saturated carbocycles. The summed E-state index contributed by atoms with van der Waals surface area (Å²) in [7, 11) is 0. The molecule has 3 nitrogen and oxygen atoms in total. The zero-order valence-corrected chi connectivity index (χ0v) is 11.3. The highest BCUT2D eigenvalue weighted by Crippen LogP contribution is 2.33. The van der Waals surface area contributed by atoms with Gasteiger partial charge in [0.2, 0.25) is 0 Å². The van der Waals surface area contributed by atoms with Crippen LogP contribution in [-0.4, -0.2) is 11.2 Å². The van der Waals surface area contributed by atoms with E-state index in [1.54, 1.807) is 0 Å². The molecular formula is C16H20N2O. The smallest absolute Gasteiger partial charge is 0.143 e. The fourth-order valence-corrected chi connectivity index (χ4v) is 2.89. The van der Waals surface area contributed by atoms with Crippen molar-refractivity contribution in [3.05, 3.63) is 47.8 Å². The summed E-state index contributed by atoms with van der Waals surface area (Å²) in [5.74, 6) is 0.933. The van der Waals surface area contributed by atoms with Crippen LogP contribution in [0.25, 0.3) is 5.69 Å². The number of aromatic nitrogens is 1. The monoisotopic (exact) mass is 256 g/mol. The Kier molecular flexibility index (Phi) is 3.30. The molecule has 3 heteroatoms. The minimum absolute atomic E-state index is 0.184. The maximum Gasteiger partial charge on any atom is 0.143 e. The van der Waals surface area contributed by atoms with Crippen LogP contribution < -0.4 is 10.5 Å². The summed E-state index contributed by atoms with van der Waals surface area (Å²) in [5, 5.41) is 0. The summed E-state index contributed by atoms with van der Waals surface area (Å²) < 4.78 is 7.96. The molecule has 19 heavy (non-hydrogen) atoms. The van der Waals surface area contributed by atoms with E-state index >= 15 is 0 Å². The third-order valence-electron chi connectivity index (χ3n) is 3.78. The fourth-order valence-electron chi connectivity index (χ4n) is 2.89. The van der Waals surface area contributed by atoms with E-state index in [2.05, 4.69) is 22.9 Å². The number of hydrogen-bond acceptors (Lipinski definition) is 2. The molecule has 1 aliphatic rings. The molecule has 1 unspecified atom stereocenters. The molecule has 0 aliphatic heterocycles. The number of nitrogens with zero attached hydrogens (tertiary/aromatic N) is 1. The zero-order chi connectivity index (χ0) is 13.2. The molecule has 1 aliphatic carbocycles. The van der Waals surface area contributed by atoms with Crippen LogP contribution in [0.5, 0.6) is 5.75 Å². The van der Waals surface area contributed by atoms with Crippen LogP contribution in [0.3, 0.4) is 0 Å². The largest absolute Gasteiger partial charge is 0.492 e. The summed E-state index contributed by atoms with van der Waals surface area (Å²) in [6.45, 7) is 2.69. The molecule has 0 amide bonds. The van der Waals surface area contributed by atoms with E-state index in [1.807, 2.05) is 25.1 Å². The van der Waals surface area contributed by atoms with Crippen LogP contribution in [0.15, 0.2) is 36.5 Å². The van der Waals surface area contributed by atoms with Gasteiger partial charge in [0.15, 0.2) is 0 Å². The van der Waals surface area contributed by atoms with Gasteiger partial charge in [-0.25, -0.2) is 0 Å². The van der Waals surface area contributed by atoms with Crippen LogP contribution in [0.1, 0.15) is 37.1 Å². The van der Waals surface area contributed by atoms with Gasteiger partial charge in [-0.3, -0.25) is 0 Å². The van der Waals surface area contributed by atoms with Crippen LogP contribution in [0.2, 0.25) is 0 Å². The quantitative estimate of drug-likeness (QED) is 0.916. The van der Waals surface area contributed by atoms with Crippen LogP contribution >= 0.6 is 0 Å². The molecule has 2 aromatic rings. The Balaban J connectivity index is 2.08. The van der Waals surface area contributed by atoms with Crippen molar-refractivity contribution < 1.29 is 4.74 Å². The van der Waals surface area contributed by atoms with Gasteiger partial charge in [-0.2, -0.15) is 0 Å². The lowest BCUT2D eigenvalue weighted by atomic mass is 9.93. The van der Waals surface area contributed by atoms with Crippen molar-refractivity contribution in [1.82, 2.24) is 4.57 Å². The Morgan fingerprint density at radius 2 is 2.16 bits per heavy atom. The number of fused-ring (bicyclic) bond motifs is 1. The second-order valence-electron chi connectivity index (χ2n) is 4.99. The number of benzene rings is 1. The van der Waals surface area contributed by atoms with Crippen molar-refractivity contribution in [2.45, 2.75) is 32.2 Å². The standard InChI is InChI=1S/C16H20N2O/c1-2-19-16-9-4-3-7-15(16)18-11-10-12-13(17)6-5-8-14(12)18/h3-4,7,9-11,13H,2,5-6,8,17H2,1H3. The summed E-state index contributed by atoms with van der Waals surface area (Å²) in [6.07, 6.45) is 5.46. The first-order chi connectivity index (χ1) is 9.31. The van der Waals surface area contributed by atoms with Gasteiger partial charge in [-0.05, 0) is 49.9 Å². The normalized spacial score (nSPS) is 18.1. The van der Waals surface area contributed by atoms with Crippen molar-refractivity contribution in [3.63, 3.8) is 0 Å². The Morgan fingerprint density at radius 3 is 3.00 bits per heavy atom. The van der Waals surface area contributed by atoms with Crippen molar-refractivity contribution in [1.29, 1.82) is 0 Å². The molecule has 0 fully saturated rings. The molecule has 3 rings (SSSR count). The molecule has 100 valence electrons. The van der Waals surface area contributed by atoms with E-state index < -0.39 is 0 Å². The number of ether oxygens (including phenoxy) is 1. The van der Waals surface area contributed by atoms with Crippen molar-refractivity contribution in [2.24, 2.45) is 5.73 Å². The van der Waals surface area contributed by atoms with E-state index in [9.17, 15) is 0 Å². The Bertz CT molecular complexity index is 574. The number of hydrogen-bond donors (Lipinski definition) is 1. The average molecular weight is 256 g/mol. The minimum Gasteiger partial charge on any atom is -0.492 e. The van der Waals surface area contributed by atoms with Crippen molar-refractivity contribution in [3.8, 4) is 11.4 Å². The topological polar surface area (TPSA) is 40.2 Å². The molecule has 0 radical (unpaired) electrons. The molecule has 1 atom stereocenters. The summed E-state index contributed by atoms with van der Waals surface area (Å²) >= 11 is 0. The van der Waals surface area contributed by atoms with E-state index in [1.165, 1.54) is 11.3 Å². The van der Waals surface area contributed by atoms with E-state index in [-0.39, 0.29) is 6.04 Å². The van der Waals surface area contributed by atoms with E-state index in [0.29, 0.717) is 6.61 Å². The summed E-state index contributed by atoms with van der Waals surface area (Å²) in [5.41, 5.74) is 9.93. The van der Waals surface area contributed by atoms with E-state index in [0.717, 1.165) is 30.7 Å². The number of para-hydroxylation sites is 2. The summed E-state index contributed by atoms with van der Waals surface area (Å²) in [4.78, 5) is 0. The Labute approximate surface area is 114 Å². The van der Waals surface area contributed by atoms with Gasteiger partial charge in [0.1, 0.15) is 5.75 Å². The minimum atomic E-state index is 0.184. The highest BCUT2D eigenvalue weighted by molar-refractivity contribution is 5.50. The Hall–Kier alpha value is -1.74. The Morgan fingerprint density at radius 1 is 1.32 bits per heavy atom. The number of nitrogens with two attached hydrogens (primary N) is 1. The number of rotatable bonds is 3. The molecule has 2 N–H and O–H groups in total. The molecule has 0 bridgehead atoms. The summed E-state index contributed by atoms with van der Waals surface area (Å²) in [6, 6.07) is 10.5. The van der Waals surface area contributed by atoms with Gasteiger partial charge >= 0.3 is 0 Å². The molecular weight excluding hydrogens is 236 g/mol. The lowest BCUT2D eigenvalue weighted by Crippen LogP contribution is -2.18. The first-order valence-corrected chi connectivity index (χ1v) is 6.99. The van der Waals surface area contributed by atoms with Gasteiger partial charge in [-0.15, -0.1) is 0 Å². The van der Waals surface area contributed by atoms with Gasteiger partial charge in [-0.1, -0.05) is 12.1 Å². The van der Waals surface area contributed by atoms with Gasteiger partial charge in [0, 0.05) is 17.9 Å². The third-order valence-corrected chi connectivity index (χ3v) is 3.78. The van der Waals surface area contributed by atoms with Crippen LogP contribution in [0.4, 0.5) is 0 Å². The highest BCUT2D eigenvalue weighted by Gasteiger charge is 2.21. The highest BCUT2D eigenvalue weighted by atomic mass is 16.5. The molecule has 0 saturated heterocycles. The maximum atomic E-state index is 6.19. The predicted molar refractivity (Wildman–Crippen MR) is 76.8 cm³/mol. The fraction of sp³-hybridized carbons (Fsp3) is 0.375. The lowest BCUT2D eigenvalue weighted by Gasteiger charge is -2.21. The van der Waals surface area contributed by atoms with E-state index in [4.69, 9.17) is 10.5 Å². The van der Waals surface area contributed by atoms with Crippen LogP contribution in [-0.2, 0) is 6.42 Å². The molecule has 1 aromatic carbocycles. The third kappa shape index (κ3) is 2.15. The van der Waals surface area contributed by atoms with Crippen molar-refractivity contribution >= 4 is 0 Å². The predicted octanol–water partition coefficient (Wildman–Crippen LogP) is 3.21. The lowest BCUT2D eigenvalue weighted by molar-refractivity contribution is 0.339. The first kappa shape index (κ1) is 12.3. The van der Waals surface area contributed by atoms with Gasteiger partial charge < -0.3 is 15.0 Å². The second kappa shape index (κ2) is 5.10. The molecule has 1 aromatic heterocycles. The SMILES string of the molecule is CCOc1ccccc1-n1ccc2c1CCCC2N. The first-order valence-electron chi connectivity index (χ1n) is 6.99. The van der Waals surface area contributed by atoms with Gasteiger partial charge in [0.25, 0.3) is 0 Å².